The molecule has 0 spiro atoms. The van der Waals surface area contributed by atoms with Gasteiger partial charge >= 0.3 is 5.97 Å². The van der Waals surface area contributed by atoms with Crippen molar-refractivity contribution in [3.8, 4) is 0 Å². The Bertz CT molecular complexity index is 498. The van der Waals surface area contributed by atoms with Crippen LogP contribution in [-0.4, -0.2) is 71.2 Å². The van der Waals surface area contributed by atoms with E-state index in [4.69, 9.17) is 9.47 Å². The summed E-state index contributed by atoms with van der Waals surface area (Å²) < 4.78 is 10.1. The van der Waals surface area contributed by atoms with E-state index in [1.807, 2.05) is 0 Å². The molecule has 22 heavy (non-hydrogen) atoms. The third kappa shape index (κ3) is 5.41. The van der Waals surface area contributed by atoms with Crippen LogP contribution in [0.5, 0.6) is 0 Å². The highest BCUT2D eigenvalue weighted by atomic mass is 16.5. The van der Waals surface area contributed by atoms with E-state index >= 15 is 0 Å². The van der Waals surface area contributed by atoms with Gasteiger partial charge < -0.3 is 14.8 Å². The maximum atomic E-state index is 11.9. The molecule has 0 radical (unpaired) electrons. The summed E-state index contributed by atoms with van der Waals surface area (Å²) in [5, 5.41) is 10.6. The lowest BCUT2D eigenvalue weighted by Crippen LogP contribution is -2.38. The summed E-state index contributed by atoms with van der Waals surface area (Å²) in [5.41, 5.74) is 0. The third-order valence-corrected chi connectivity index (χ3v) is 3.14. The first kappa shape index (κ1) is 16.4. The van der Waals surface area contributed by atoms with E-state index in [1.165, 1.54) is 11.0 Å². The van der Waals surface area contributed by atoms with Crippen molar-refractivity contribution in [2.24, 2.45) is 0 Å². The summed E-state index contributed by atoms with van der Waals surface area (Å²) in [5.74, 6) is -0.214. The van der Waals surface area contributed by atoms with Crippen LogP contribution in [0.2, 0.25) is 0 Å². The molecule has 0 atom stereocenters. The van der Waals surface area contributed by atoms with Crippen LogP contribution in [-0.2, 0) is 25.6 Å². The fraction of sp³-hybridized carbons (Fsp3) is 0.692. The fourth-order valence-electron chi connectivity index (χ4n) is 2.04. The molecule has 1 aromatic rings. The molecule has 1 aliphatic rings. The number of hydrogen-bond donors (Lipinski definition) is 1. The molecule has 1 aromatic heterocycles. The van der Waals surface area contributed by atoms with Gasteiger partial charge in [0.15, 0.2) is 12.4 Å². The second kappa shape index (κ2) is 8.44. The maximum Gasteiger partial charge on any atom is 0.329 e. The van der Waals surface area contributed by atoms with Crippen molar-refractivity contribution in [2.45, 2.75) is 19.9 Å². The van der Waals surface area contributed by atoms with Gasteiger partial charge in [-0.05, 0) is 6.92 Å². The number of hydrogen-bond acceptors (Lipinski definition) is 7. The molecule has 1 saturated heterocycles. The fourth-order valence-corrected chi connectivity index (χ4v) is 2.04. The molecule has 1 N–H and O–H groups in total. The molecule has 0 saturated carbocycles. The maximum absolute atomic E-state index is 11.9. The Kier molecular flexibility index (Phi) is 6.28. The number of rotatable bonds is 7. The lowest BCUT2D eigenvalue weighted by Gasteiger charge is -2.26. The Morgan fingerprint density at radius 2 is 2.18 bits per heavy atom. The van der Waals surface area contributed by atoms with Crippen LogP contribution in [0.1, 0.15) is 13.3 Å². The summed E-state index contributed by atoms with van der Waals surface area (Å²) in [6.45, 7) is 5.78. The van der Waals surface area contributed by atoms with E-state index in [-0.39, 0.29) is 12.5 Å². The topological polar surface area (TPSA) is 98.6 Å². The van der Waals surface area contributed by atoms with Gasteiger partial charge in [0, 0.05) is 26.1 Å². The number of carbonyl (C=O) groups is 2. The number of anilines is 1. The molecule has 0 aliphatic carbocycles. The average Bonchev–Trinajstić information content (AvgIpc) is 2.93. The molecule has 0 unspecified atom stereocenters. The number of ether oxygens (including phenoxy) is 2. The zero-order valence-electron chi connectivity index (χ0n) is 12.7. The number of carbonyl (C=O) groups excluding carboxylic acids is 2. The first-order valence-corrected chi connectivity index (χ1v) is 7.33. The van der Waals surface area contributed by atoms with Gasteiger partial charge in [-0.2, -0.15) is 9.90 Å². The second-order valence-corrected chi connectivity index (χ2v) is 4.82. The zero-order chi connectivity index (χ0) is 15.8. The van der Waals surface area contributed by atoms with Crippen molar-refractivity contribution in [1.29, 1.82) is 0 Å². The summed E-state index contributed by atoms with van der Waals surface area (Å²) in [7, 11) is 0. The minimum absolute atomic E-state index is 0.0719. The van der Waals surface area contributed by atoms with Crippen LogP contribution in [0.15, 0.2) is 6.20 Å². The Morgan fingerprint density at radius 3 is 2.91 bits per heavy atom. The highest BCUT2D eigenvalue weighted by Crippen LogP contribution is 2.02. The van der Waals surface area contributed by atoms with Gasteiger partial charge in [-0.1, -0.05) is 0 Å². The van der Waals surface area contributed by atoms with Crippen LogP contribution in [0.25, 0.3) is 0 Å². The van der Waals surface area contributed by atoms with Gasteiger partial charge in [0.25, 0.3) is 0 Å². The minimum atomic E-state index is -0.414. The lowest BCUT2D eigenvalue weighted by molar-refractivity contribution is -0.144. The highest BCUT2D eigenvalue weighted by molar-refractivity contribution is 5.89. The van der Waals surface area contributed by atoms with Gasteiger partial charge in [-0.3, -0.25) is 9.69 Å². The van der Waals surface area contributed by atoms with Gasteiger partial charge in [0.2, 0.25) is 5.91 Å². The average molecular weight is 311 g/mol. The molecule has 9 nitrogen and oxygen atoms in total. The van der Waals surface area contributed by atoms with Crippen molar-refractivity contribution in [1.82, 2.24) is 19.9 Å². The normalized spacial score (nSPS) is 15.5. The SMILES string of the molecule is CCOC(=O)Cn1ncc(NC(=O)CCN2CCOCC2)n1. The Balaban J connectivity index is 1.72. The minimum Gasteiger partial charge on any atom is -0.465 e. The molecule has 2 rings (SSSR count). The van der Waals surface area contributed by atoms with Gasteiger partial charge in [-0.25, -0.2) is 4.79 Å². The molecule has 122 valence electrons. The van der Waals surface area contributed by atoms with Crippen molar-refractivity contribution in [3.05, 3.63) is 6.20 Å². The number of morpholine rings is 1. The monoisotopic (exact) mass is 311 g/mol. The van der Waals surface area contributed by atoms with Crippen LogP contribution < -0.4 is 5.32 Å². The smallest absolute Gasteiger partial charge is 0.329 e. The van der Waals surface area contributed by atoms with E-state index in [1.54, 1.807) is 6.92 Å². The molecular formula is C13H21N5O4. The summed E-state index contributed by atoms with van der Waals surface area (Å²) in [6, 6.07) is 0. The first-order valence-electron chi connectivity index (χ1n) is 7.33. The van der Waals surface area contributed by atoms with E-state index < -0.39 is 5.97 Å². The van der Waals surface area contributed by atoms with Crippen molar-refractivity contribution in [3.63, 3.8) is 0 Å². The van der Waals surface area contributed by atoms with E-state index in [0.29, 0.717) is 38.6 Å². The zero-order valence-corrected chi connectivity index (χ0v) is 12.7. The Morgan fingerprint density at radius 1 is 1.41 bits per heavy atom. The standard InChI is InChI=1S/C13H21N5O4/c1-2-22-13(20)10-18-14-9-11(16-18)15-12(19)3-4-17-5-7-21-8-6-17/h9H,2-8,10H2,1H3,(H,15,16,19). The predicted molar refractivity (Wildman–Crippen MR) is 77.2 cm³/mol. The number of aromatic nitrogens is 3. The molecular weight excluding hydrogens is 290 g/mol. The largest absolute Gasteiger partial charge is 0.465 e. The lowest BCUT2D eigenvalue weighted by atomic mass is 10.3. The molecule has 1 aliphatic heterocycles. The molecule has 1 amide bonds. The molecule has 1 fully saturated rings. The molecule has 0 aromatic carbocycles. The van der Waals surface area contributed by atoms with E-state index in [0.717, 1.165) is 13.1 Å². The van der Waals surface area contributed by atoms with Crippen molar-refractivity contribution < 1.29 is 19.1 Å². The predicted octanol–water partition coefficient (Wildman–Crippen LogP) is -0.498. The van der Waals surface area contributed by atoms with Gasteiger partial charge in [0.05, 0.1) is 26.0 Å². The van der Waals surface area contributed by atoms with Crippen LogP contribution in [0.3, 0.4) is 0 Å². The van der Waals surface area contributed by atoms with Crippen LogP contribution in [0.4, 0.5) is 5.82 Å². The molecule has 2 heterocycles. The number of nitrogens with one attached hydrogen (secondary N) is 1. The highest BCUT2D eigenvalue weighted by Gasteiger charge is 2.13. The van der Waals surface area contributed by atoms with E-state index in [9.17, 15) is 9.59 Å². The molecule has 0 bridgehead atoms. The van der Waals surface area contributed by atoms with E-state index in [2.05, 4.69) is 20.4 Å². The number of amides is 1. The number of esters is 1. The Hall–Kier alpha value is -2.00. The third-order valence-electron chi connectivity index (χ3n) is 3.14. The van der Waals surface area contributed by atoms with Crippen LogP contribution in [0, 0.1) is 0 Å². The quantitative estimate of drug-likeness (QED) is 0.678. The first-order chi connectivity index (χ1) is 10.7. The Labute approximate surface area is 128 Å². The summed E-state index contributed by atoms with van der Waals surface area (Å²) in [6.07, 6.45) is 1.79. The van der Waals surface area contributed by atoms with Crippen LogP contribution >= 0.6 is 0 Å². The van der Waals surface area contributed by atoms with Crippen molar-refractivity contribution >= 4 is 17.7 Å². The van der Waals surface area contributed by atoms with Crippen molar-refractivity contribution in [2.75, 3.05) is 44.8 Å². The summed E-state index contributed by atoms with van der Waals surface area (Å²) >= 11 is 0. The molecule has 9 heteroatoms. The van der Waals surface area contributed by atoms with Gasteiger partial charge in [-0.15, -0.1) is 5.10 Å². The summed E-state index contributed by atoms with van der Waals surface area (Å²) in [4.78, 5) is 26.5. The number of nitrogens with zero attached hydrogens (tertiary/aromatic N) is 4. The second-order valence-electron chi connectivity index (χ2n) is 4.82. The van der Waals surface area contributed by atoms with Gasteiger partial charge in [0.1, 0.15) is 0 Å².